The highest BCUT2D eigenvalue weighted by Gasteiger charge is 2.48. The molecular formula is C29H31N3O3. The number of benzene rings is 2. The molecule has 0 radical (unpaired) electrons. The van der Waals surface area contributed by atoms with Gasteiger partial charge in [-0.25, -0.2) is 0 Å². The van der Waals surface area contributed by atoms with Crippen molar-refractivity contribution >= 4 is 17.5 Å². The molecule has 1 unspecified atom stereocenters. The Labute approximate surface area is 205 Å². The van der Waals surface area contributed by atoms with Gasteiger partial charge in [-0.15, -0.1) is 0 Å². The molecule has 2 fully saturated rings. The number of furan rings is 1. The van der Waals surface area contributed by atoms with E-state index in [4.69, 9.17) is 4.42 Å². The van der Waals surface area contributed by atoms with Crippen molar-refractivity contribution in [1.82, 2.24) is 10.2 Å². The minimum absolute atomic E-state index is 0.0206. The summed E-state index contributed by atoms with van der Waals surface area (Å²) >= 11 is 0. The van der Waals surface area contributed by atoms with Crippen LogP contribution in [0.15, 0.2) is 77.6 Å². The van der Waals surface area contributed by atoms with Crippen molar-refractivity contribution in [3.63, 3.8) is 0 Å². The topological polar surface area (TPSA) is 74.6 Å². The Hall–Kier alpha value is -3.54. The van der Waals surface area contributed by atoms with Gasteiger partial charge in [0.2, 0.25) is 5.91 Å². The molecule has 3 aromatic rings. The van der Waals surface area contributed by atoms with Crippen LogP contribution < -0.4 is 10.6 Å². The number of carbonyl (C=O) groups excluding carboxylic acids is 2. The quantitative estimate of drug-likeness (QED) is 0.542. The molecule has 1 saturated carbocycles. The standard InChI is InChI=1S/C29H31N3O3/c33-28(19-8-2-1-3-9-19)31-25-13-7-5-11-22(25)29(34)32-16-14-23-26(20-15-17-35-18-20)30-24-12-6-4-10-21(24)27(23)32/h1-4,6,8-10,12,15,17-18,22-23,25-27,30H,5,7,11,13-14,16H2,(H,31,33)/t22-,23+,25?,26-,27-/m0/s1. The number of para-hydroxylation sites is 1. The minimum atomic E-state index is -0.190. The largest absolute Gasteiger partial charge is 0.472 e. The van der Waals surface area contributed by atoms with Gasteiger partial charge in [0, 0.05) is 35.3 Å². The first-order valence-electron chi connectivity index (χ1n) is 12.7. The maximum Gasteiger partial charge on any atom is 0.251 e. The van der Waals surface area contributed by atoms with Crippen LogP contribution in [0.1, 0.15) is 65.7 Å². The van der Waals surface area contributed by atoms with Gasteiger partial charge in [0.15, 0.2) is 0 Å². The van der Waals surface area contributed by atoms with Crippen LogP contribution in [0.4, 0.5) is 5.69 Å². The molecule has 2 N–H and O–H groups in total. The van der Waals surface area contributed by atoms with Crippen LogP contribution in [0.3, 0.4) is 0 Å². The molecule has 2 aromatic carbocycles. The molecule has 6 rings (SSSR count). The van der Waals surface area contributed by atoms with E-state index in [1.165, 1.54) is 5.56 Å². The fourth-order valence-corrected chi connectivity index (χ4v) is 6.41. The summed E-state index contributed by atoms with van der Waals surface area (Å²) in [5.74, 6) is 0.164. The predicted molar refractivity (Wildman–Crippen MR) is 134 cm³/mol. The van der Waals surface area contributed by atoms with Crippen molar-refractivity contribution in [2.45, 2.75) is 50.2 Å². The summed E-state index contributed by atoms with van der Waals surface area (Å²) in [7, 11) is 0. The van der Waals surface area contributed by atoms with Crippen molar-refractivity contribution in [3.05, 3.63) is 89.9 Å². The number of nitrogens with zero attached hydrogens (tertiary/aromatic N) is 1. The molecule has 2 amide bonds. The molecule has 6 nitrogen and oxygen atoms in total. The van der Waals surface area contributed by atoms with Gasteiger partial charge in [-0.1, -0.05) is 49.2 Å². The van der Waals surface area contributed by atoms with Crippen molar-refractivity contribution < 1.29 is 14.0 Å². The third-order valence-corrected chi connectivity index (χ3v) is 8.08. The van der Waals surface area contributed by atoms with E-state index in [0.717, 1.165) is 49.9 Å². The molecule has 180 valence electrons. The molecule has 6 heteroatoms. The van der Waals surface area contributed by atoms with Gasteiger partial charge >= 0.3 is 0 Å². The molecule has 1 aliphatic carbocycles. The fourth-order valence-electron chi connectivity index (χ4n) is 6.41. The van der Waals surface area contributed by atoms with Gasteiger partial charge in [-0.2, -0.15) is 0 Å². The molecule has 35 heavy (non-hydrogen) atoms. The van der Waals surface area contributed by atoms with E-state index in [-0.39, 0.29) is 41.8 Å². The number of amides is 2. The molecule has 2 aliphatic heterocycles. The third kappa shape index (κ3) is 4.01. The van der Waals surface area contributed by atoms with Gasteiger partial charge < -0.3 is 20.0 Å². The van der Waals surface area contributed by atoms with Crippen molar-refractivity contribution in [1.29, 1.82) is 0 Å². The molecule has 3 heterocycles. The monoisotopic (exact) mass is 469 g/mol. The number of likely N-dealkylation sites (tertiary alicyclic amines) is 1. The Bertz CT molecular complexity index is 1190. The Balaban J connectivity index is 1.27. The van der Waals surface area contributed by atoms with Gasteiger partial charge in [-0.05, 0) is 49.1 Å². The number of carbonyl (C=O) groups is 2. The van der Waals surface area contributed by atoms with E-state index in [2.05, 4.69) is 33.7 Å². The Morgan fingerprint density at radius 2 is 1.74 bits per heavy atom. The summed E-state index contributed by atoms with van der Waals surface area (Å²) in [6.07, 6.45) is 8.16. The fraction of sp³-hybridized carbons (Fsp3) is 0.379. The summed E-state index contributed by atoms with van der Waals surface area (Å²) in [5, 5.41) is 6.91. The van der Waals surface area contributed by atoms with Gasteiger partial charge in [-0.3, -0.25) is 9.59 Å². The summed E-state index contributed by atoms with van der Waals surface area (Å²) < 4.78 is 5.40. The van der Waals surface area contributed by atoms with Crippen LogP contribution in [0, 0.1) is 11.8 Å². The maximum absolute atomic E-state index is 14.1. The van der Waals surface area contributed by atoms with E-state index in [1.54, 1.807) is 6.26 Å². The molecular weight excluding hydrogens is 438 g/mol. The summed E-state index contributed by atoms with van der Waals surface area (Å²) in [5.41, 5.74) is 4.02. The van der Waals surface area contributed by atoms with Gasteiger partial charge in [0.05, 0.1) is 30.5 Å². The minimum Gasteiger partial charge on any atom is -0.472 e. The van der Waals surface area contributed by atoms with Crippen LogP contribution >= 0.6 is 0 Å². The van der Waals surface area contributed by atoms with Crippen molar-refractivity contribution in [3.8, 4) is 0 Å². The van der Waals surface area contributed by atoms with Crippen molar-refractivity contribution in [2.24, 2.45) is 11.8 Å². The third-order valence-electron chi connectivity index (χ3n) is 8.08. The van der Waals surface area contributed by atoms with Crippen molar-refractivity contribution in [2.75, 3.05) is 11.9 Å². The number of anilines is 1. The number of fused-ring (bicyclic) bond motifs is 3. The van der Waals surface area contributed by atoms with E-state index < -0.39 is 0 Å². The molecule has 1 aromatic heterocycles. The Morgan fingerprint density at radius 3 is 2.57 bits per heavy atom. The lowest BCUT2D eigenvalue weighted by Crippen LogP contribution is -2.50. The average molecular weight is 470 g/mol. The maximum atomic E-state index is 14.1. The van der Waals surface area contributed by atoms with Crippen LogP contribution in [0.2, 0.25) is 0 Å². The number of hydrogen-bond donors (Lipinski definition) is 2. The molecule has 3 aliphatic rings. The molecule has 1 saturated heterocycles. The molecule has 0 spiro atoms. The number of nitrogens with one attached hydrogen (secondary N) is 2. The lowest BCUT2D eigenvalue weighted by molar-refractivity contribution is -0.138. The average Bonchev–Trinajstić information content (AvgIpc) is 3.60. The van der Waals surface area contributed by atoms with Crippen LogP contribution in [0.25, 0.3) is 0 Å². The van der Waals surface area contributed by atoms with E-state index in [1.807, 2.05) is 48.7 Å². The van der Waals surface area contributed by atoms with Gasteiger partial charge in [0.25, 0.3) is 5.91 Å². The SMILES string of the molecule is O=C(NC1CCCC[C@@H]1C(=O)N1CC[C@@H]2[C@H](c3ccoc3)Nc3ccccc3[C@@H]21)c1ccccc1. The zero-order valence-corrected chi connectivity index (χ0v) is 19.7. The number of hydrogen-bond acceptors (Lipinski definition) is 4. The van der Waals surface area contributed by atoms with Crippen LogP contribution in [0.5, 0.6) is 0 Å². The first-order chi connectivity index (χ1) is 17.2. The van der Waals surface area contributed by atoms with E-state index >= 15 is 0 Å². The summed E-state index contributed by atoms with van der Waals surface area (Å²) in [6.45, 7) is 0.731. The first-order valence-corrected chi connectivity index (χ1v) is 12.7. The zero-order chi connectivity index (χ0) is 23.8. The lowest BCUT2D eigenvalue weighted by Gasteiger charge is -2.41. The number of rotatable bonds is 4. The van der Waals surface area contributed by atoms with Crippen LogP contribution in [-0.4, -0.2) is 29.3 Å². The van der Waals surface area contributed by atoms with E-state index in [0.29, 0.717) is 5.56 Å². The zero-order valence-electron chi connectivity index (χ0n) is 19.7. The highest BCUT2D eigenvalue weighted by atomic mass is 16.3. The highest BCUT2D eigenvalue weighted by molar-refractivity contribution is 5.94. The lowest BCUT2D eigenvalue weighted by atomic mass is 9.79. The summed E-state index contributed by atoms with van der Waals surface area (Å²) in [4.78, 5) is 29.1. The van der Waals surface area contributed by atoms with Crippen LogP contribution in [-0.2, 0) is 4.79 Å². The Kier molecular flexibility index (Phi) is 5.80. The van der Waals surface area contributed by atoms with E-state index in [9.17, 15) is 9.59 Å². The second kappa shape index (κ2) is 9.25. The predicted octanol–water partition coefficient (Wildman–Crippen LogP) is 5.32. The second-order valence-electron chi connectivity index (χ2n) is 10.0. The molecule has 5 atom stereocenters. The first kappa shape index (κ1) is 22.0. The van der Waals surface area contributed by atoms with Gasteiger partial charge in [0.1, 0.15) is 0 Å². The Morgan fingerprint density at radius 1 is 0.943 bits per heavy atom. The normalized spacial score (nSPS) is 27.4. The second-order valence-corrected chi connectivity index (χ2v) is 10.0. The smallest absolute Gasteiger partial charge is 0.251 e. The highest BCUT2D eigenvalue weighted by Crippen LogP contribution is 2.51. The molecule has 0 bridgehead atoms. The summed E-state index contributed by atoms with van der Waals surface area (Å²) in [6, 6.07) is 19.6.